The molecule has 0 atom stereocenters. The van der Waals surface area contributed by atoms with Gasteiger partial charge in [-0.15, -0.1) is 11.3 Å². The highest BCUT2D eigenvalue weighted by molar-refractivity contribution is 7.28. The Labute approximate surface area is 89.2 Å². The SMILES string of the molecule is N#Cc1cc(F)cc2cc(B(O)O)sc12. The number of fused-ring (bicyclic) bond motifs is 1. The van der Waals surface area contributed by atoms with Crippen LogP contribution in [-0.4, -0.2) is 17.2 Å². The molecule has 0 spiro atoms. The Morgan fingerprint density at radius 3 is 2.67 bits per heavy atom. The summed E-state index contributed by atoms with van der Waals surface area (Å²) in [6, 6.07) is 5.73. The van der Waals surface area contributed by atoms with Crippen LogP contribution in [0.5, 0.6) is 0 Å². The van der Waals surface area contributed by atoms with Crippen molar-refractivity contribution in [1.29, 1.82) is 5.26 Å². The van der Waals surface area contributed by atoms with E-state index >= 15 is 0 Å². The fourth-order valence-corrected chi connectivity index (χ4v) is 2.32. The molecule has 6 heteroatoms. The van der Waals surface area contributed by atoms with Crippen LogP contribution in [0, 0.1) is 17.1 Å². The van der Waals surface area contributed by atoms with Gasteiger partial charge in [0.1, 0.15) is 11.9 Å². The molecule has 2 aromatic rings. The molecule has 0 unspecified atom stereocenters. The van der Waals surface area contributed by atoms with Gasteiger partial charge in [-0.3, -0.25) is 0 Å². The highest BCUT2D eigenvalue weighted by Gasteiger charge is 2.16. The van der Waals surface area contributed by atoms with Crippen molar-refractivity contribution in [1.82, 2.24) is 0 Å². The van der Waals surface area contributed by atoms with Crippen LogP contribution in [0.2, 0.25) is 0 Å². The van der Waals surface area contributed by atoms with Crippen molar-refractivity contribution < 1.29 is 14.4 Å². The zero-order valence-corrected chi connectivity index (χ0v) is 8.25. The minimum atomic E-state index is -1.59. The monoisotopic (exact) mass is 221 g/mol. The Kier molecular flexibility index (Phi) is 2.44. The van der Waals surface area contributed by atoms with E-state index in [2.05, 4.69) is 0 Å². The van der Waals surface area contributed by atoms with Gasteiger partial charge in [0.2, 0.25) is 0 Å². The maximum Gasteiger partial charge on any atom is 0.499 e. The maximum atomic E-state index is 13.0. The molecule has 0 saturated carbocycles. The molecule has 0 saturated heterocycles. The Morgan fingerprint density at radius 1 is 1.33 bits per heavy atom. The van der Waals surface area contributed by atoms with Crippen LogP contribution in [0.3, 0.4) is 0 Å². The van der Waals surface area contributed by atoms with Crippen molar-refractivity contribution in [2.45, 2.75) is 0 Å². The topological polar surface area (TPSA) is 64.2 Å². The van der Waals surface area contributed by atoms with Crippen LogP contribution in [0.1, 0.15) is 5.56 Å². The number of benzene rings is 1. The normalized spacial score (nSPS) is 10.3. The van der Waals surface area contributed by atoms with Crippen LogP contribution in [0.4, 0.5) is 4.39 Å². The van der Waals surface area contributed by atoms with E-state index < -0.39 is 12.9 Å². The Hall–Kier alpha value is -1.42. The van der Waals surface area contributed by atoms with Crippen LogP contribution in [0.15, 0.2) is 18.2 Å². The third kappa shape index (κ3) is 1.73. The second-order valence-corrected chi connectivity index (χ2v) is 4.09. The summed E-state index contributed by atoms with van der Waals surface area (Å²) < 4.78 is 13.9. The highest BCUT2D eigenvalue weighted by Crippen LogP contribution is 2.24. The number of nitriles is 1. The van der Waals surface area contributed by atoms with Gasteiger partial charge in [0.05, 0.1) is 10.3 Å². The lowest BCUT2D eigenvalue weighted by atomic mass is 9.89. The zero-order valence-electron chi connectivity index (χ0n) is 7.44. The van der Waals surface area contributed by atoms with Gasteiger partial charge in [-0.2, -0.15) is 5.26 Å². The summed E-state index contributed by atoms with van der Waals surface area (Å²) in [4.78, 5) is 0. The Balaban J connectivity index is 2.75. The smallest absolute Gasteiger partial charge is 0.423 e. The molecule has 74 valence electrons. The molecule has 2 rings (SSSR count). The van der Waals surface area contributed by atoms with E-state index in [4.69, 9.17) is 15.3 Å². The summed E-state index contributed by atoms with van der Waals surface area (Å²) >= 11 is 1.08. The molecule has 0 amide bonds. The Morgan fingerprint density at radius 2 is 2.07 bits per heavy atom. The van der Waals surface area contributed by atoms with E-state index in [-0.39, 0.29) is 5.56 Å². The lowest BCUT2D eigenvalue weighted by Crippen LogP contribution is -2.26. The van der Waals surface area contributed by atoms with Gasteiger partial charge >= 0.3 is 7.12 Å². The van der Waals surface area contributed by atoms with Crippen LogP contribution >= 0.6 is 11.3 Å². The molecule has 0 radical (unpaired) electrons. The minimum Gasteiger partial charge on any atom is -0.423 e. The molecular formula is C9H5BFNO2S. The Bertz CT molecular complexity index is 561. The number of rotatable bonds is 1. The lowest BCUT2D eigenvalue weighted by Gasteiger charge is -1.92. The standard InChI is InChI=1S/C9H5BFNO2S/c11-7-1-5-3-8(10(13)14)15-9(5)6(2-7)4-12/h1-3,13-14H. The van der Waals surface area contributed by atoms with Crippen molar-refractivity contribution in [2.75, 3.05) is 0 Å². The molecule has 0 fully saturated rings. The van der Waals surface area contributed by atoms with Gasteiger partial charge in [0.25, 0.3) is 0 Å². The summed E-state index contributed by atoms with van der Waals surface area (Å²) in [7, 11) is -1.59. The number of hydrogen-bond donors (Lipinski definition) is 2. The van der Waals surface area contributed by atoms with Crippen molar-refractivity contribution in [3.05, 3.63) is 29.6 Å². The van der Waals surface area contributed by atoms with Gasteiger partial charge in [-0.25, -0.2) is 4.39 Å². The van der Waals surface area contributed by atoms with Gasteiger partial charge in [0.15, 0.2) is 0 Å². The molecule has 2 N–H and O–H groups in total. The zero-order chi connectivity index (χ0) is 11.0. The van der Waals surface area contributed by atoms with Crippen molar-refractivity contribution in [3.63, 3.8) is 0 Å². The number of thiophene rings is 1. The molecule has 1 aromatic heterocycles. The number of hydrogen-bond acceptors (Lipinski definition) is 4. The third-order valence-electron chi connectivity index (χ3n) is 1.98. The molecule has 1 aromatic carbocycles. The molecule has 0 aliphatic carbocycles. The summed E-state index contributed by atoms with van der Waals surface area (Å²) in [6.45, 7) is 0. The fourth-order valence-electron chi connectivity index (χ4n) is 1.35. The maximum absolute atomic E-state index is 13.0. The van der Waals surface area contributed by atoms with Crippen LogP contribution in [0.25, 0.3) is 10.1 Å². The summed E-state index contributed by atoms with van der Waals surface area (Å²) in [5.41, 5.74) is 0.210. The van der Waals surface area contributed by atoms with E-state index in [9.17, 15) is 4.39 Å². The van der Waals surface area contributed by atoms with Crippen molar-refractivity contribution in [3.8, 4) is 6.07 Å². The molecule has 0 bridgehead atoms. The van der Waals surface area contributed by atoms with Crippen LogP contribution < -0.4 is 4.78 Å². The predicted octanol–water partition coefficient (Wildman–Crippen LogP) is 0.592. The van der Waals surface area contributed by atoms with E-state index in [1.807, 2.05) is 6.07 Å². The molecule has 0 aliphatic heterocycles. The highest BCUT2D eigenvalue weighted by atomic mass is 32.1. The number of halogens is 1. The molecular weight excluding hydrogens is 216 g/mol. The predicted molar refractivity (Wildman–Crippen MR) is 56.3 cm³/mol. The largest absolute Gasteiger partial charge is 0.499 e. The van der Waals surface area contributed by atoms with Crippen molar-refractivity contribution in [2.24, 2.45) is 0 Å². The first-order valence-electron chi connectivity index (χ1n) is 4.11. The van der Waals surface area contributed by atoms with Gasteiger partial charge in [-0.1, -0.05) is 0 Å². The van der Waals surface area contributed by atoms with E-state index in [1.54, 1.807) is 0 Å². The first-order chi connectivity index (χ1) is 7.11. The second kappa shape index (κ2) is 3.63. The first-order valence-corrected chi connectivity index (χ1v) is 4.92. The van der Waals surface area contributed by atoms with E-state index in [1.165, 1.54) is 12.1 Å². The van der Waals surface area contributed by atoms with Gasteiger partial charge in [0, 0.05) is 4.78 Å². The minimum absolute atomic E-state index is 0.210. The average Bonchev–Trinajstić information content (AvgIpc) is 2.59. The van der Waals surface area contributed by atoms with Crippen LogP contribution in [-0.2, 0) is 0 Å². The summed E-state index contributed by atoms with van der Waals surface area (Å²) in [5, 5.41) is 27.2. The van der Waals surface area contributed by atoms with Crippen molar-refractivity contribution >= 4 is 33.3 Å². The first kappa shape index (κ1) is 10.1. The van der Waals surface area contributed by atoms with E-state index in [0.29, 0.717) is 14.9 Å². The summed E-state index contributed by atoms with van der Waals surface area (Å²) in [6.07, 6.45) is 0. The number of nitrogens with zero attached hydrogens (tertiary/aromatic N) is 1. The average molecular weight is 221 g/mol. The van der Waals surface area contributed by atoms with E-state index in [0.717, 1.165) is 17.4 Å². The quantitative estimate of drug-likeness (QED) is 0.692. The molecule has 0 aliphatic rings. The molecule has 1 heterocycles. The second-order valence-electron chi connectivity index (χ2n) is 3.01. The lowest BCUT2D eigenvalue weighted by molar-refractivity contribution is 0.427. The van der Waals surface area contributed by atoms with Gasteiger partial charge < -0.3 is 10.0 Å². The van der Waals surface area contributed by atoms with Gasteiger partial charge in [-0.05, 0) is 23.6 Å². The summed E-state index contributed by atoms with van der Waals surface area (Å²) in [5.74, 6) is -0.504. The fraction of sp³-hybridized carbons (Fsp3) is 0. The molecule has 15 heavy (non-hydrogen) atoms. The molecule has 3 nitrogen and oxygen atoms in total. The third-order valence-corrected chi connectivity index (χ3v) is 3.20.